The molecular weight excluding hydrogens is 351 g/mol. The van der Waals surface area contributed by atoms with Gasteiger partial charge in [-0.3, -0.25) is 4.79 Å². The molecule has 0 heterocycles. The van der Waals surface area contributed by atoms with E-state index in [1.807, 2.05) is 0 Å². The summed E-state index contributed by atoms with van der Waals surface area (Å²) in [7, 11) is 0. The fraction of sp³-hybridized carbons (Fsp3) is 0.222. The van der Waals surface area contributed by atoms with Crippen LogP contribution in [0.25, 0.3) is 0 Å². The molecule has 0 aliphatic rings. The SMILES string of the molecule is O=C(NC(Cl)C(Cl)(Cl)Cl)c1c(Cl)cccc1Cl. The lowest BCUT2D eigenvalue weighted by atomic mass is 10.2. The number of nitrogens with one attached hydrogen (secondary N) is 1. The molecule has 1 N–H and O–H groups in total. The first-order valence-corrected chi connectivity index (χ1v) is 6.51. The predicted molar refractivity (Wildman–Crippen MR) is 73.9 cm³/mol. The Morgan fingerprint density at radius 1 is 1.18 bits per heavy atom. The van der Waals surface area contributed by atoms with Gasteiger partial charge in [-0.2, -0.15) is 0 Å². The van der Waals surface area contributed by atoms with Gasteiger partial charge >= 0.3 is 0 Å². The van der Waals surface area contributed by atoms with Crippen molar-refractivity contribution >= 4 is 75.5 Å². The molecule has 1 atom stereocenters. The van der Waals surface area contributed by atoms with Gasteiger partial charge in [0.25, 0.3) is 5.91 Å². The molecule has 0 bridgehead atoms. The molecule has 0 aromatic heterocycles. The number of benzene rings is 1. The molecule has 94 valence electrons. The number of hydrogen-bond acceptors (Lipinski definition) is 1. The first-order chi connectivity index (χ1) is 7.73. The molecule has 17 heavy (non-hydrogen) atoms. The van der Waals surface area contributed by atoms with Crippen molar-refractivity contribution in [3.05, 3.63) is 33.8 Å². The minimum Gasteiger partial charge on any atom is -0.332 e. The molecular formula is C9H5Cl6NO. The third kappa shape index (κ3) is 4.23. The van der Waals surface area contributed by atoms with E-state index >= 15 is 0 Å². The van der Waals surface area contributed by atoms with Crippen molar-refractivity contribution in [2.75, 3.05) is 0 Å². The average Bonchev–Trinajstić information content (AvgIpc) is 2.15. The zero-order chi connectivity index (χ0) is 13.2. The summed E-state index contributed by atoms with van der Waals surface area (Å²) in [6, 6.07) is 4.64. The van der Waals surface area contributed by atoms with Gasteiger partial charge in [0.05, 0.1) is 15.6 Å². The Labute approximate surface area is 128 Å². The summed E-state index contributed by atoms with van der Waals surface area (Å²) in [6.07, 6.45) is 0. The lowest BCUT2D eigenvalue weighted by molar-refractivity contribution is 0.0949. The molecule has 0 spiro atoms. The van der Waals surface area contributed by atoms with Gasteiger partial charge in [0, 0.05) is 0 Å². The van der Waals surface area contributed by atoms with Crippen LogP contribution in [0.3, 0.4) is 0 Å². The maximum Gasteiger partial charge on any atom is 0.255 e. The molecule has 1 aromatic rings. The first-order valence-electron chi connectivity index (χ1n) is 4.19. The highest BCUT2D eigenvalue weighted by molar-refractivity contribution is 6.70. The van der Waals surface area contributed by atoms with E-state index in [9.17, 15) is 4.79 Å². The van der Waals surface area contributed by atoms with Gasteiger partial charge in [-0.25, -0.2) is 0 Å². The molecule has 1 aromatic carbocycles. The van der Waals surface area contributed by atoms with Crippen LogP contribution < -0.4 is 5.32 Å². The molecule has 1 amide bonds. The third-order valence-electron chi connectivity index (χ3n) is 1.74. The van der Waals surface area contributed by atoms with E-state index in [0.717, 1.165) is 0 Å². The fourth-order valence-electron chi connectivity index (χ4n) is 0.984. The summed E-state index contributed by atoms with van der Waals surface area (Å²) in [4.78, 5) is 11.8. The van der Waals surface area contributed by atoms with Gasteiger partial charge in [0.2, 0.25) is 3.79 Å². The minimum absolute atomic E-state index is 0.0794. The smallest absolute Gasteiger partial charge is 0.255 e. The Morgan fingerprint density at radius 3 is 2.06 bits per heavy atom. The summed E-state index contributed by atoms with van der Waals surface area (Å²) in [5.74, 6) is -0.619. The second-order valence-electron chi connectivity index (χ2n) is 2.97. The van der Waals surface area contributed by atoms with Gasteiger partial charge < -0.3 is 5.32 Å². The zero-order valence-corrected chi connectivity index (χ0v) is 12.5. The molecule has 0 saturated heterocycles. The van der Waals surface area contributed by atoms with Crippen molar-refractivity contribution in [3.63, 3.8) is 0 Å². The molecule has 0 saturated carbocycles. The maximum atomic E-state index is 11.8. The highest BCUT2D eigenvalue weighted by Crippen LogP contribution is 2.33. The van der Waals surface area contributed by atoms with Gasteiger partial charge in [0.15, 0.2) is 5.50 Å². The minimum atomic E-state index is -1.83. The van der Waals surface area contributed by atoms with Crippen LogP contribution in [0.5, 0.6) is 0 Å². The molecule has 0 fully saturated rings. The van der Waals surface area contributed by atoms with Gasteiger partial charge in [-0.15, -0.1) is 0 Å². The van der Waals surface area contributed by atoms with Crippen LogP contribution in [0.1, 0.15) is 10.4 Å². The highest BCUT2D eigenvalue weighted by Gasteiger charge is 2.33. The van der Waals surface area contributed by atoms with Gasteiger partial charge in [-0.05, 0) is 12.1 Å². The van der Waals surface area contributed by atoms with E-state index in [-0.39, 0.29) is 15.6 Å². The van der Waals surface area contributed by atoms with E-state index in [1.54, 1.807) is 6.07 Å². The van der Waals surface area contributed by atoms with Crippen molar-refractivity contribution in [3.8, 4) is 0 Å². The van der Waals surface area contributed by atoms with Gasteiger partial charge in [-0.1, -0.05) is 75.7 Å². The number of rotatable bonds is 2. The van der Waals surface area contributed by atoms with E-state index in [2.05, 4.69) is 5.32 Å². The summed E-state index contributed by atoms with van der Waals surface area (Å²) in [6.45, 7) is 0. The molecule has 8 heteroatoms. The van der Waals surface area contributed by atoms with Crippen molar-refractivity contribution < 1.29 is 4.79 Å². The molecule has 0 radical (unpaired) electrons. The van der Waals surface area contributed by atoms with Crippen LogP contribution in [0.4, 0.5) is 0 Å². The van der Waals surface area contributed by atoms with E-state index in [1.165, 1.54) is 12.1 Å². The highest BCUT2D eigenvalue weighted by atomic mass is 35.6. The van der Waals surface area contributed by atoms with E-state index < -0.39 is 15.2 Å². The topological polar surface area (TPSA) is 29.1 Å². The Hall–Kier alpha value is 0.430. The zero-order valence-electron chi connectivity index (χ0n) is 7.99. The molecule has 0 aliphatic heterocycles. The number of halogens is 6. The van der Waals surface area contributed by atoms with E-state index in [4.69, 9.17) is 69.6 Å². The Morgan fingerprint density at radius 2 is 1.65 bits per heavy atom. The average molecular weight is 356 g/mol. The number of amides is 1. The number of hydrogen-bond donors (Lipinski definition) is 1. The van der Waals surface area contributed by atoms with Crippen LogP contribution in [0.15, 0.2) is 18.2 Å². The van der Waals surface area contributed by atoms with Crippen LogP contribution in [0, 0.1) is 0 Å². The van der Waals surface area contributed by atoms with Crippen molar-refractivity contribution in [2.24, 2.45) is 0 Å². The fourth-order valence-corrected chi connectivity index (χ4v) is 1.82. The van der Waals surface area contributed by atoms with Gasteiger partial charge in [0.1, 0.15) is 0 Å². The first kappa shape index (κ1) is 15.5. The summed E-state index contributed by atoms with van der Waals surface area (Å²) in [5.41, 5.74) is -1.12. The number of carbonyl (C=O) groups is 1. The largest absolute Gasteiger partial charge is 0.332 e. The van der Waals surface area contributed by atoms with Crippen molar-refractivity contribution in [2.45, 2.75) is 9.29 Å². The summed E-state index contributed by atoms with van der Waals surface area (Å²) in [5, 5.41) is 2.65. The lowest BCUT2D eigenvalue weighted by Gasteiger charge is -2.19. The third-order valence-corrected chi connectivity index (χ3v) is 3.79. The lowest BCUT2D eigenvalue weighted by Crippen LogP contribution is -2.39. The monoisotopic (exact) mass is 353 g/mol. The molecule has 1 unspecified atom stereocenters. The van der Waals surface area contributed by atoms with Crippen LogP contribution in [0.2, 0.25) is 10.0 Å². The summed E-state index contributed by atoms with van der Waals surface area (Å²) >= 11 is 33.9. The van der Waals surface area contributed by atoms with Crippen molar-refractivity contribution in [1.29, 1.82) is 0 Å². The second-order valence-corrected chi connectivity index (χ2v) is 6.59. The molecule has 2 nitrogen and oxygen atoms in total. The normalized spacial score (nSPS) is 13.3. The molecule has 1 rings (SSSR count). The second kappa shape index (κ2) is 6.05. The number of carbonyl (C=O) groups excluding carboxylic acids is 1. The quantitative estimate of drug-likeness (QED) is 0.606. The predicted octanol–water partition coefficient (Wildman–Crippen LogP) is 4.66. The summed E-state index contributed by atoms with van der Waals surface area (Å²) < 4.78 is -1.83. The Bertz CT molecular complexity index is 410. The maximum absolute atomic E-state index is 11.8. The van der Waals surface area contributed by atoms with Crippen LogP contribution in [-0.4, -0.2) is 15.2 Å². The molecule has 0 aliphatic carbocycles. The number of alkyl halides is 4. The van der Waals surface area contributed by atoms with Crippen molar-refractivity contribution in [1.82, 2.24) is 5.32 Å². The standard InChI is InChI=1S/C9H5Cl6NO/c10-4-2-1-3-5(11)6(4)7(17)16-8(12)9(13,14)15/h1-3,8H,(H,16,17). The van der Waals surface area contributed by atoms with Crippen LogP contribution in [-0.2, 0) is 0 Å². The Kier molecular flexibility index (Phi) is 5.51. The van der Waals surface area contributed by atoms with Crippen LogP contribution >= 0.6 is 69.6 Å². The van der Waals surface area contributed by atoms with E-state index in [0.29, 0.717) is 0 Å². The Balaban J connectivity index is 2.92.